The van der Waals surface area contributed by atoms with Crippen molar-refractivity contribution in [3.05, 3.63) is 53.6 Å². The average molecular weight is 379 g/mol. The second-order valence-electron chi connectivity index (χ2n) is 7.50. The van der Waals surface area contributed by atoms with Crippen molar-refractivity contribution in [1.29, 1.82) is 0 Å². The van der Waals surface area contributed by atoms with E-state index in [9.17, 15) is 9.59 Å². The lowest BCUT2D eigenvalue weighted by Crippen LogP contribution is -2.40. The van der Waals surface area contributed by atoms with Crippen molar-refractivity contribution in [2.24, 2.45) is 0 Å². The molecule has 1 saturated heterocycles. The van der Waals surface area contributed by atoms with E-state index in [1.807, 2.05) is 18.2 Å². The van der Waals surface area contributed by atoms with E-state index in [-0.39, 0.29) is 24.5 Å². The molecule has 1 fully saturated rings. The van der Waals surface area contributed by atoms with Crippen LogP contribution < -0.4 is 15.0 Å². The molecular weight excluding hydrogens is 354 g/mol. The number of hydrogen-bond donors (Lipinski definition) is 1. The molecular formula is C22H25N3O3. The van der Waals surface area contributed by atoms with Crippen molar-refractivity contribution in [3.8, 4) is 5.75 Å². The first-order chi connectivity index (χ1) is 13.5. The maximum absolute atomic E-state index is 13.0. The zero-order valence-corrected chi connectivity index (χ0v) is 16.3. The average Bonchev–Trinajstić information content (AvgIpc) is 3.13. The zero-order valence-electron chi connectivity index (χ0n) is 16.3. The van der Waals surface area contributed by atoms with Gasteiger partial charge in [0.2, 0.25) is 5.91 Å². The Bertz CT molecular complexity index is 912. The zero-order chi connectivity index (χ0) is 19.7. The SMILES string of the molecule is Cc1cccc(CN2CCCC2C(=O)Nc2cccc3c2OCC(=O)N3C)c1. The van der Waals surface area contributed by atoms with Crippen LogP contribution in [0, 0.1) is 6.92 Å². The van der Waals surface area contributed by atoms with Gasteiger partial charge in [0, 0.05) is 13.6 Å². The van der Waals surface area contributed by atoms with Crippen LogP contribution in [-0.4, -0.2) is 43.0 Å². The van der Waals surface area contributed by atoms with Crippen LogP contribution in [0.5, 0.6) is 5.75 Å². The van der Waals surface area contributed by atoms with Gasteiger partial charge in [-0.1, -0.05) is 35.9 Å². The minimum atomic E-state index is -0.167. The molecule has 0 saturated carbocycles. The van der Waals surface area contributed by atoms with Crippen LogP contribution in [0.4, 0.5) is 11.4 Å². The normalized spacial score (nSPS) is 19.3. The summed E-state index contributed by atoms with van der Waals surface area (Å²) in [5.41, 5.74) is 3.74. The summed E-state index contributed by atoms with van der Waals surface area (Å²) in [6.07, 6.45) is 1.84. The second-order valence-corrected chi connectivity index (χ2v) is 7.50. The summed E-state index contributed by atoms with van der Waals surface area (Å²) in [5, 5.41) is 3.03. The second kappa shape index (κ2) is 7.64. The Morgan fingerprint density at radius 3 is 2.89 bits per heavy atom. The molecule has 2 heterocycles. The molecule has 2 aromatic carbocycles. The summed E-state index contributed by atoms with van der Waals surface area (Å²) in [5.74, 6) is 0.430. The lowest BCUT2D eigenvalue weighted by atomic mass is 10.1. The third kappa shape index (κ3) is 3.60. The van der Waals surface area contributed by atoms with Gasteiger partial charge in [-0.25, -0.2) is 0 Å². The molecule has 146 valence electrons. The van der Waals surface area contributed by atoms with Gasteiger partial charge in [-0.15, -0.1) is 0 Å². The Labute approximate surface area is 165 Å². The standard InChI is InChI=1S/C22H25N3O3/c1-15-6-3-7-16(12-15)13-25-11-5-10-19(25)22(27)23-17-8-4-9-18-21(17)28-14-20(26)24(18)2/h3-4,6-9,12,19H,5,10-11,13-14H2,1-2H3,(H,23,27). The highest BCUT2D eigenvalue weighted by atomic mass is 16.5. The number of likely N-dealkylation sites (N-methyl/N-ethyl adjacent to an activating group) is 1. The van der Waals surface area contributed by atoms with Crippen molar-refractivity contribution < 1.29 is 14.3 Å². The molecule has 2 aromatic rings. The highest BCUT2D eigenvalue weighted by molar-refractivity contribution is 6.02. The Balaban J connectivity index is 1.50. The molecule has 28 heavy (non-hydrogen) atoms. The molecule has 2 amide bonds. The number of anilines is 2. The number of likely N-dealkylation sites (tertiary alicyclic amines) is 1. The van der Waals surface area contributed by atoms with Crippen LogP contribution in [0.15, 0.2) is 42.5 Å². The molecule has 0 bridgehead atoms. The number of rotatable bonds is 4. The minimum Gasteiger partial charge on any atom is -0.479 e. The van der Waals surface area contributed by atoms with E-state index >= 15 is 0 Å². The molecule has 0 aliphatic carbocycles. The van der Waals surface area contributed by atoms with E-state index < -0.39 is 0 Å². The van der Waals surface area contributed by atoms with Gasteiger partial charge in [0.05, 0.1) is 17.4 Å². The molecule has 6 heteroatoms. The van der Waals surface area contributed by atoms with Gasteiger partial charge >= 0.3 is 0 Å². The van der Waals surface area contributed by atoms with Gasteiger partial charge in [0.25, 0.3) is 5.91 Å². The number of benzene rings is 2. The summed E-state index contributed by atoms with van der Waals surface area (Å²) < 4.78 is 5.62. The molecule has 6 nitrogen and oxygen atoms in total. The molecule has 0 spiro atoms. The largest absolute Gasteiger partial charge is 0.479 e. The van der Waals surface area contributed by atoms with E-state index in [1.165, 1.54) is 11.1 Å². The number of para-hydroxylation sites is 1. The Hall–Kier alpha value is -2.86. The van der Waals surface area contributed by atoms with E-state index in [0.29, 0.717) is 17.1 Å². The highest BCUT2D eigenvalue weighted by Crippen LogP contribution is 2.38. The smallest absolute Gasteiger partial charge is 0.264 e. The first-order valence-electron chi connectivity index (χ1n) is 9.66. The molecule has 1 unspecified atom stereocenters. The van der Waals surface area contributed by atoms with Crippen LogP contribution in [0.3, 0.4) is 0 Å². The predicted octanol–water partition coefficient (Wildman–Crippen LogP) is 2.95. The van der Waals surface area contributed by atoms with Gasteiger partial charge < -0.3 is 15.0 Å². The fourth-order valence-electron chi connectivity index (χ4n) is 3.98. The molecule has 2 aliphatic heterocycles. The van der Waals surface area contributed by atoms with E-state index in [2.05, 4.69) is 41.4 Å². The number of ether oxygens (including phenoxy) is 1. The third-order valence-corrected chi connectivity index (χ3v) is 5.46. The third-order valence-electron chi connectivity index (χ3n) is 5.46. The first kappa shape index (κ1) is 18.5. The first-order valence-corrected chi connectivity index (χ1v) is 9.66. The number of nitrogens with one attached hydrogen (secondary N) is 1. The lowest BCUT2D eigenvalue weighted by molar-refractivity contribution is -0.121. The lowest BCUT2D eigenvalue weighted by Gasteiger charge is -2.28. The van der Waals surface area contributed by atoms with Gasteiger partial charge in [0.15, 0.2) is 12.4 Å². The summed E-state index contributed by atoms with van der Waals surface area (Å²) in [7, 11) is 1.72. The number of carbonyl (C=O) groups excluding carboxylic acids is 2. The van der Waals surface area contributed by atoms with Crippen LogP contribution in [0.1, 0.15) is 24.0 Å². The monoisotopic (exact) mass is 379 g/mol. The number of hydrogen-bond acceptors (Lipinski definition) is 4. The quantitative estimate of drug-likeness (QED) is 0.887. The Morgan fingerprint density at radius 2 is 2.07 bits per heavy atom. The number of nitrogens with zero attached hydrogens (tertiary/aromatic N) is 2. The number of fused-ring (bicyclic) bond motifs is 1. The maximum atomic E-state index is 13.0. The molecule has 0 radical (unpaired) electrons. The molecule has 1 atom stereocenters. The van der Waals surface area contributed by atoms with E-state index in [1.54, 1.807) is 11.9 Å². The molecule has 1 N–H and O–H groups in total. The summed E-state index contributed by atoms with van der Waals surface area (Å²) in [6, 6.07) is 13.7. The Morgan fingerprint density at radius 1 is 1.25 bits per heavy atom. The van der Waals surface area contributed by atoms with E-state index in [4.69, 9.17) is 4.74 Å². The summed E-state index contributed by atoms with van der Waals surface area (Å²) in [6.45, 7) is 3.74. The highest BCUT2D eigenvalue weighted by Gasteiger charge is 2.32. The number of aryl methyl sites for hydroxylation is 1. The van der Waals surface area contributed by atoms with Gasteiger partial charge in [0.1, 0.15) is 0 Å². The van der Waals surface area contributed by atoms with Crippen molar-refractivity contribution in [2.45, 2.75) is 32.4 Å². The van der Waals surface area contributed by atoms with Crippen molar-refractivity contribution in [1.82, 2.24) is 4.90 Å². The molecule has 2 aliphatic rings. The van der Waals surface area contributed by atoms with E-state index in [0.717, 1.165) is 25.9 Å². The summed E-state index contributed by atoms with van der Waals surface area (Å²) in [4.78, 5) is 28.7. The van der Waals surface area contributed by atoms with Crippen LogP contribution >= 0.6 is 0 Å². The van der Waals surface area contributed by atoms with Gasteiger partial charge in [-0.05, 0) is 44.0 Å². The Kier molecular flexibility index (Phi) is 5.05. The topological polar surface area (TPSA) is 61.9 Å². The summed E-state index contributed by atoms with van der Waals surface area (Å²) >= 11 is 0. The molecule has 0 aromatic heterocycles. The van der Waals surface area contributed by atoms with Crippen LogP contribution in [-0.2, 0) is 16.1 Å². The minimum absolute atomic E-state index is 0.0146. The van der Waals surface area contributed by atoms with Crippen molar-refractivity contribution in [2.75, 3.05) is 30.4 Å². The number of carbonyl (C=O) groups is 2. The van der Waals surface area contributed by atoms with Gasteiger partial charge in [-0.3, -0.25) is 14.5 Å². The van der Waals surface area contributed by atoms with Crippen molar-refractivity contribution in [3.63, 3.8) is 0 Å². The fourth-order valence-corrected chi connectivity index (χ4v) is 3.98. The number of amides is 2. The maximum Gasteiger partial charge on any atom is 0.264 e. The fraction of sp³-hybridized carbons (Fsp3) is 0.364. The van der Waals surface area contributed by atoms with Crippen LogP contribution in [0.2, 0.25) is 0 Å². The van der Waals surface area contributed by atoms with Crippen LogP contribution in [0.25, 0.3) is 0 Å². The van der Waals surface area contributed by atoms with Crippen molar-refractivity contribution >= 4 is 23.2 Å². The predicted molar refractivity (Wildman–Crippen MR) is 109 cm³/mol. The van der Waals surface area contributed by atoms with Gasteiger partial charge in [-0.2, -0.15) is 0 Å². The molecule has 4 rings (SSSR count).